The highest BCUT2D eigenvalue weighted by molar-refractivity contribution is 7.89. The predicted octanol–water partition coefficient (Wildman–Crippen LogP) is 3.52. The Labute approximate surface area is 162 Å². The third kappa shape index (κ3) is 4.23. The number of hydrogen-bond acceptors (Lipinski definition) is 5. The van der Waals surface area contributed by atoms with Crippen molar-refractivity contribution in [1.82, 2.24) is 9.29 Å². The van der Waals surface area contributed by atoms with Gasteiger partial charge >= 0.3 is 4.87 Å². The standard InChI is InChI=1S/C19H22N2O4S2/c1-4-25-15-7-5-6-14(10-15)12-20-27(23,24)16-8-9-17-18(11-16)26-19(22)21(17)13(2)3/h5-11,13,20H,4,12H2,1-3H3. The van der Waals surface area contributed by atoms with E-state index in [1.165, 1.54) is 6.07 Å². The molecular formula is C19H22N2O4S2. The molecule has 1 N–H and O–H groups in total. The molecule has 0 saturated carbocycles. The van der Waals surface area contributed by atoms with Crippen molar-refractivity contribution in [1.29, 1.82) is 0 Å². The fraction of sp³-hybridized carbons (Fsp3) is 0.316. The first-order valence-electron chi connectivity index (χ1n) is 8.68. The van der Waals surface area contributed by atoms with Crippen LogP contribution in [0.25, 0.3) is 10.2 Å². The normalized spacial score (nSPS) is 12.0. The maximum Gasteiger partial charge on any atom is 0.308 e. The number of nitrogens with zero attached hydrogens (tertiary/aromatic N) is 1. The lowest BCUT2D eigenvalue weighted by Gasteiger charge is -2.10. The minimum Gasteiger partial charge on any atom is -0.494 e. The van der Waals surface area contributed by atoms with E-state index in [0.29, 0.717) is 17.1 Å². The lowest BCUT2D eigenvalue weighted by atomic mass is 10.2. The van der Waals surface area contributed by atoms with Crippen LogP contribution in [0.2, 0.25) is 0 Å². The van der Waals surface area contributed by atoms with E-state index in [0.717, 1.165) is 22.4 Å². The van der Waals surface area contributed by atoms with Crippen LogP contribution in [-0.4, -0.2) is 19.6 Å². The first kappa shape index (κ1) is 19.6. The minimum atomic E-state index is -3.69. The zero-order valence-electron chi connectivity index (χ0n) is 15.4. The molecule has 0 unspecified atom stereocenters. The molecule has 0 atom stereocenters. The van der Waals surface area contributed by atoms with Crippen molar-refractivity contribution in [2.75, 3.05) is 6.61 Å². The molecule has 0 radical (unpaired) electrons. The quantitative estimate of drug-likeness (QED) is 0.651. The summed E-state index contributed by atoms with van der Waals surface area (Å²) >= 11 is 1.06. The highest BCUT2D eigenvalue weighted by Crippen LogP contribution is 2.24. The van der Waals surface area contributed by atoms with Crippen molar-refractivity contribution in [3.8, 4) is 5.75 Å². The number of sulfonamides is 1. The van der Waals surface area contributed by atoms with E-state index in [9.17, 15) is 13.2 Å². The predicted molar refractivity (Wildman–Crippen MR) is 108 cm³/mol. The Kier molecular flexibility index (Phi) is 5.69. The molecule has 1 aromatic heterocycles. The number of rotatable bonds is 7. The smallest absolute Gasteiger partial charge is 0.308 e. The van der Waals surface area contributed by atoms with Gasteiger partial charge in [-0.2, -0.15) is 0 Å². The number of nitrogens with one attached hydrogen (secondary N) is 1. The Morgan fingerprint density at radius 2 is 1.96 bits per heavy atom. The highest BCUT2D eigenvalue weighted by Gasteiger charge is 2.17. The van der Waals surface area contributed by atoms with E-state index < -0.39 is 10.0 Å². The molecule has 0 aliphatic heterocycles. The van der Waals surface area contributed by atoms with Gasteiger partial charge in [-0.1, -0.05) is 23.5 Å². The van der Waals surface area contributed by atoms with Crippen LogP contribution >= 0.6 is 11.3 Å². The van der Waals surface area contributed by atoms with Gasteiger partial charge in [0.2, 0.25) is 10.0 Å². The molecule has 27 heavy (non-hydrogen) atoms. The fourth-order valence-electron chi connectivity index (χ4n) is 2.85. The molecule has 1 heterocycles. The van der Waals surface area contributed by atoms with Gasteiger partial charge in [0.05, 0.1) is 21.7 Å². The van der Waals surface area contributed by atoms with E-state index in [2.05, 4.69) is 4.72 Å². The van der Waals surface area contributed by atoms with Crippen LogP contribution < -0.4 is 14.3 Å². The molecule has 0 aliphatic rings. The molecule has 0 spiro atoms. The van der Waals surface area contributed by atoms with Crippen molar-refractivity contribution in [3.63, 3.8) is 0 Å². The summed E-state index contributed by atoms with van der Waals surface area (Å²) in [6.07, 6.45) is 0. The van der Waals surface area contributed by atoms with Crippen molar-refractivity contribution >= 4 is 31.6 Å². The summed E-state index contributed by atoms with van der Waals surface area (Å²) in [5.41, 5.74) is 1.56. The molecule has 6 nitrogen and oxygen atoms in total. The number of hydrogen-bond donors (Lipinski definition) is 1. The third-order valence-corrected chi connectivity index (χ3v) is 6.40. The fourth-order valence-corrected chi connectivity index (χ4v) is 5.02. The molecule has 0 amide bonds. The van der Waals surface area contributed by atoms with Crippen LogP contribution in [0.4, 0.5) is 0 Å². The molecule has 144 valence electrons. The van der Waals surface area contributed by atoms with Crippen LogP contribution in [0, 0.1) is 0 Å². The Hall–Kier alpha value is -2.16. The number of benzene rings is 2. The highest BCUT2D eigenvalue weighted by atomic mass is 32.2. The minimum absolute atomic E-state index is 0.0180. The lowest BCUT2D eigenvalue weighted by molar-refractivity contribution is 0.340. The summed E-state index contributed by atoms with van der Waals surface area (Å²) in [4.78, 5) is 12.2. The van der Waals surface area contributed by atoms with Gasteiger partial charge in [-0.3, -0.25) is 9.36 Å². The van der Waals surface area contributed by atoms with Gasteiger partial charge in [0.15, 0.2) is 0 Å². The maximum absolute atomic E-state index is 12.7. The summed E-state index contributed by atoms with van der Waals surface area (Å²) < 4.78 is 35.7. The molecular weight excluding hydrogens is 384 g/mol. The van der Waals surface area contributed by atoms with Crippen molar-refractivity contribution in [3.05, 3.63) is 57.7 Å². The average Bonchev–Trinajstić information content (AvgIpc) is 2.96. The number of aromatic nitrogens is 1. The molecule has 0 fully saturated rings. The zero-order valence-corrected chi connectivity index (χ0v) is 17.1. The monoisotopic (exact) mass is 406 g/mol. The first-order valence-corrected chi connectivity index (χ1v) is 11.0. The van der Waals surface area contributed by atoms with Gasteiger partial charge in [0, 0.05) is 12.6 Å². The lowest BCUT2D eigenvalue weighted by Crippen LogP contribution is -2.23. The maximum atomic E-state index is 12.7. The Balaban J connectivity index is 1.84. The molecule has 0 bridgehead atoms. The van der Waals surface area contributed by atoms with Gasteiger partial charge in [0.1, 0.15) is 5.75 Å². The summed E-state index contributed by atoms with van der Waals surface area (Å²) in [6.45, 7) is 6.46. The van der Waals surface area contributed by atoms with Gasteiger partial charge < -0.3 is 4.74 Å². The number of ether oxygens (including phenoxy) is 1. The van der Waals surface area contributed by atoms with Crippen molar-refractivity contribution < 1.29 is 13.2 Å². The Bertz CT molecular complexity index is 1110. The second-order valence-electron chi connectivity index (χ2n) is 6.37. The molecule has 0 saturated heterocycles. The van der Waals surface area contributed by atoms with Crippen LogP contribution in [-0.2, 0) is 16.6 Å². The van der Waals surface area contributed by atoms with Crippen molar-refractivity contribution in [2.45, 2.75) is 38.3 Å². The average molecular weight is 407 g/mol. The van der Waals surface area contributed by atoms with E-state index in [1.54, 1.807) is 16.7 Å². The SMILES string of the molecule is CCOc1cccc(CNS(=O)(=O)c2ccc3c(c2)sc(=O)n3C(C)C)c1. The third-order valence-electron chi connectivity index (χ3n) is 4.09. The first-order chi connectivity index (χ1) is 12.8. The molecule has 2 aromatic carbocycles. The summed E-state index contributed by atoms with van der Waals surface area (Å²) in [5, 5.41) is 0. The number of thiazole rings is 1. The van der Waals surface area contributed by atoms with E-state index in [4.69, 9.17) is 4.74 Å². The second kappa shape index (κ2) is 7.84. The summed E-state index contributed by atoms with van der Waals surface area (Å²) in [7, 11) is -3.69. The van der Waals surface area contributed by atoms with Gasteiger partial charge in [0.25, 0.3) is 0 Å². The van der Waals surface area contributed by atoms with Crippen LogP contribution in [0.5, 0.6) is 5.75 Å². The van der Waals surface area contributed by atoms with E-state index >= 15 is 0 Å². The van der Waals surface area contributed by atoms with Crippen LogP contribution in [0.1, 0.15) is 32.4 Å². The second-order valence-corrected chi connectivity index (χ2v) is 9.13. The van der Waals surface area contributed by atoms with E-state index in [-0.39, 0.29) is 22.4 Å². The summed E-state index contributed by atoms with van der Waals surface area (Å²) in [5.74, 6) is 0.704. The molecule has 3 aromatic rings. The molecule has 0 aliphatic carbocycles. The van der Waals surface area contributed by atoms with Crippen LogP contribution in [0.15, 0.2) is 52.2 Å². The Morgan fingerprint density at radius 3 is 2.67 bits per heavy atom. The number of fused-ring (bicyclic) bond motifs is 1. The largest absolute Gasteiger partial charge is 0.494 e. The molecule has 3 rings (SSSR count). The van der Waals surface area contributed by atoms with Crippen molar-refractivity contribution in [2.24, 2.45) is 0 Å². The van der Waals surface area contributed by atoms with Gasteiger partial charge in [-0.25, -0.2) is 13.1 Å². The topological polar surface area (TPSA) is 77.4 Å². The summed E-state index contributed by atoms with van der Waals surface area (Å²) in [6, 6.07) is 12.1. The molecule has 8 heteroatoms. The van der Waals surface area contributed by atoms with Gasteiger partial charge in [-0.15, -0.1) is 0 Å². The van der Waals surface area contributed by atoms with E-state index in [1.807, 2.05) is 45.0 Å². The zero-order chi connectivity index (χ0) is 19.6. The Morgan fingerprint density at radius 1 is 1.19 bits per heavy atom. The van der Waals surface area contributed by atoms with Crippen LogP contribution in [0.3, 0.4) is 0 Å². The van der Waals surface area contributed by atoms with Gasteiger partial charge in [-0.05, 0) is 56.7 Å².